The molecule has 2 aromatic rings. The monoisotopic (exact) mass is 349 g/mol. The topological polar surface area (TPSA) is 38.3 Å². The Balaban J connectivity index is 2.29. The standard InChI is InChI=1S/C23H27NO2/c1-5-10-20(6-2)24-16-19-11-8-9-12-22(19)18-13-14-21(17(4)15-18)23(25)26-7-3/h5,8-15,24H,1,6-7,16H2,2-4H3/b20-10+. The van der Waals surface area contributed by atoms with Crippen LogP contribution in [0.2, 0.25) is 0 Å². The zero-order valence-corrected chi connectivity index (χ0v) is 15.8. The van der Waals surface area contributed by atoms with Crippen LogP contribution in [0.4, 0.5) is 0 Å². The molecule has 0 fully saturated rings. The lowest BCUT2D eigenvalue weighted by atomic mass is 9.96. The van der Waals surface area contributed by atoms with Gasteiger partial charge in [0.15, 0.2) is 0 Å². The first-order valence-corrected chi connectivity index (χ1v) is 9.02. The van der Waals surface area contributed by atoms with Crippen LogP contribution in [0.3, 0.4) is 0 Å². The molecule has 0 aliphatic heterocycles. The minimum Gasteiger partial charge on any atom is -0.462 e. The Morgan fingerprint density at radius 1 is 1.19 bits per heavy atom. The molecular formula is C23H27NO2. The van der Waals surface area contributed by atoms with E-state index >= 15 is 0 Å². The number of allylic oxidation sites excluding steroid dienone is 3. The van der Waals surface area contributed by atoms with Crippen molar-refractivity contribution in [3.05, 3.63) is 83.6 Å². The summed E-state index contributed by atoms with van der Waals surface area (Å²) < 4.78 is 5.12. The Labute approximate surface area is 156 Å². The molecule has 26 heavy (non-hydrogen) atoms. The van der Waals surface area contributed by atoms with Crippen LogP contribution in [0.25, 0.3) is 11.1 Å². The fourth-order valence-corrected chi connectivity index (χ4v) is 2.88. The van der Waals surface area contributed by atoms with Crippen LogP contribution in [0.5, 0.6) is 0 Å². The van der Waals surface area contributed by atoms with Gasteiger partial charge in [0.2, 0.25) is 0 Å². The average Bonchev–Trinajstić information content (AvgIpc) is 2.65. The van der Waals surface area contributed by atoms with Gasteiger partial charge in [0.25, 0.3) is 0 Å². The third-order valence-electron chi connectivity index (χ3n) is 4.26. The zero-order valence-electron chi connectivity index (χ0n) is 15.8. The van der Waals surface area contributed by atoms with Crippen LogP contribution in [0, 0.1) is 6.92 Å². The summed E-state index contributed by atoms with van der Waals surface area (Å²) in [6.45, 7) is 10.8. The molecule has 0 heterocycles. The Bertz CT molecular complexity index is 806. The molecule has 0 saturated carbocycles. The van der Waals surface area contributed by atoms with Gasteiger partial charge in [-0.1, -0.05) is 56.0 Å². The van der Waals surface area contributed by atoms with E-state index in [0.29, 0.717) is 12.2 Å². The zero-order chi connectivity index (χ0) is 18.9. The lowest BCUT2D eigenvalue weighted by Crippen LogP contribution is -2.13. The molecule has 0 spiro atoms. The quantitative estimate of drug-likeness (QED) is 0.512. The second kappa shape index (κ2) is 9.62. The van der Waals surface area contributed by atoms with Crippen molar-refractivity contribution in [3.8, 4) is 11.1 Å². The van der Waals surface area contributed by atoms with Gasteiger partial charge in [0, 0.05) is 12.2 Å². The molecule has 0 bridgehead atoms. The molecule has 0 aliphatic rings. The van der Waals surface area contributed by atoms with E-state index in [4.69, 9.17) is 4.74 Å². The molecule has 2 rings (SSSR count). The molecule has 136 valence electrons. The predicted molar refractivity (Wildman–Crippen MR) is 108 cm³/mol. The number of aryl methyl sites for hydroxylation is 1. The number of nitrogens with one attached hydrogen (secondary N) is 1. The van der Waals surface area contributed by atoms with Gasteiger partial charge in [0.05, 0.1) is 12.2 Å². The second-order valence-corrected chi connectivity index (χ2v) is 6.04. The number of benzene rings is 2. The lowest BCUT2D eigenvalue weighted by molar-refractivity contribution is 0.0525. The highest BCUT2D eigenvalue weighted by molar-refractivity contribution is 5.92. The Morgan fingerprint density at radius 2 is 1.96 bits per heavy atom. The molecule has 0 saturated heterocycles. The summed E-state index contributed by atoms with van der Waals surface area (Å²) in [6.07, 6.45) is 4.73. The molecule has 0 radical (unpaired) electrons. The molecule has 3 nitrogen and oxygen atoms in total. The van der Waals surface area contributed by atoms with Gasteiger partial charge in [-0.15, -0.1) is 0 Å². The number of esters is 1. The maximum absolute atomic E-state index is 12.0. The molecule has 0 aliphatic carbocycles. The van der Waals surface area contributed by atoms with E-state index < -0.39 is 0 Å². The molecule has 2 aromatic carbocycles. The van der Waals surface area contributed by atoms with E-state index in [-0.39, 0.29) is 5.97 Å². The lowest BCUT2D eigenvalue weighted by Gasteiger charge is -2.14. The van der Waals surface area contributed by atoms with Crippen LogP contribution in [0.1, 0.15) is 41.8 Å². The van der Waals surface area contributed by atoms with Gasteiger partial charge in [0.1, 0.15) is 0 Å². The number of ether oxygens (including phenoxy) is 1. The largest absolute Gasteiger partial charge is 0.462 e. The van der Waals surface area contributed by atoms with Gasteiger partial charge >= 0.3 is 5.97 Å². The number of carbonyl (C=O) groups is 1. The summed E-state index contributed by atoms with van der Waals surface area (Å²) in [5.74, 6) is -0.270. The highest BCUT2D eigenvalue weighted by atomic mass is 16.5. The first kappa shape index (κ1) is 19.5. The Morgan fingerprint density at radius 3 is 2.62 bits per heavy atom. The molecule has 0 aromatic heterocycles. The number of hydrogen-bond acceptors (Lipinski definition) is 3. The number of hydrogen-bond donors (Lipinski definition) is 1. The summed E-state index contributed by atoms with van der Waals surface area (Å²) in [6, 6.07) is 14.2. The number of rotatable bonds is 8. The summed E-state index contributed by atoms with van der Waals surface area (Å²) in [5.41, 5.74) is 6.16. The fourth-order valence-electron chi connectivity index (χ4n) is 2.88. The second-order valence-electron chi connectivity index (χ2n) is 6.04. The molecule has 0 atom stereocenters. The Hall–Kier alpha value is -2.81. The van der Waals surface area contributed by atoms with E-state index in [9.17, 15) is 4.79 Å². The molecular weight excluding hydrogens is 322 g/mol. The SMILES string of the molecule is C=C/C=C(\CC)NCc1ccccc1-c1ccc(C(=O)OCC)c(C)c1. The smallest absolute Gasteiger partial charge is 0.338 e. The fraction of sp³-hybridized carbons (Fsp3) is 0.261. The molecule has 0 unspecified atom stereocenters. The summed E-state index contributed by atoms with van der Waals surface area (Å²) >= 11 is 0. The van der Waals surface area contributed by atoms with E-state index in [1.807, 2.05) is 50.3 Å². The van der Waals surface area contributed by atoms with Crippen LogP contribution >= 0.6 is 0 Å². The van der Waals surface area contributed by atoms with Gasteiger partial charge in [-0.05, 0) is 54.7 Å². The predicted octanol–water partition coefficient (Wildman–Crippen LogP) is 5.41. The van der Waals surface area contributed by atoms with Crippen molar-refractivity contribution < 1.29 is 9.53 Å². The third-order valence-corrected chi connectivity index (χ3v) is 4.26. The summed E-state index contributed by atoms with van der Waals surface area (Å²) in [7, 11) is 0. The normalized spacial score (nSPS) is 11.1. The van der Waals surface area contributed by atoms with Gasteiger partial charge in [-0.25, -0.2) is 4.79 Å². The van der Waals surface area contributed by atoms with Crippen molar-refractivity contribution in [3.63, 3.8) is 0 Å². The van der Waals surface area contributed by atoms with Gasteiger partial charge in [-0.2, -0.15) is 0 Å². The molecule has 0 amide bonds. The van der Waals surface area contributed by atoms with Crippen LogP contribution in [-0.4, -0.2) is 12.6 Å². The molecule has 1 N–H and O–H groups in total. The Kier molecular flexibility index (Phi) is 7.22. The van der Waals surface area contributed by atoms with E-state index in [2.05, 4.69) is 31.0 Å². The minimum absolute atomic E-state index is 0.270. The van der Waals surface area contributed by atoms with Crippen molar-refractivity contribution in [2.24, 2.45) is 0 Å². The number of carbonyl (C=O) groups excluding carboxylic acids is 1. The first-order chi connectivity index (χ1) is 12.6. The van der Waals surface area contributed by atoms with Crippen molar-refractivity contribution in [1.29, 1.82) is 0 Å². The maximum Gasteiger partial charge on any atom is 0.338 e. The van der Waals surface area contributed by atoms with E-state index in [0.717, 1.165) is 35.4 Å². The molecule has 3 heteroatoms. The van der Waals surface area contributed by atoms with Crippen molar-refractivity contribution in [2.45, 2.75) is 33.7 Å². The van der Waals surface area contributed by atoms with Gasteiger partial charge in [-0.3, -0.25) is 0 Å². The van der Waals surface area contributed by atoms with E-state index in [1.54, 1.807) is 6.08 Å². The van der Waals surface area contributed by atoms with E-state index in [1.165, 1.54) is 5.56 Å². The maximum atomic E-state index is 12.0. The van der Waals surface area contributed by atoms with Crippen molar-refractivity contribution in [1.82, 2.24) is 5.32 Å². The van der Waals surface area contributed by atoms with Crippen LogP contribution < -0.4 is 5.32 Å². The highest BCUT2D eigenvalue weighted by Crippen LogP contribution is 2.26. The van der Waals surface area contributed by atoms with Crippen LogP contribution in [0.15, 0.2) is 66.9 Å². The van der Waals surface area contributed by atoms with Crippen molar-refractivity contribution >= 4 is 5.97 Å². The highest BCUT2D eigenvalue weighted by Gasteiger charge is 2.12. The van der Waals surface area contributed by atoms with Crippen LogP contribution in [-0.2, 0) is 11.3 Å². The first-order valence-electron chi connectivity index (χ1n) is 9.02. The third kappa shape index (κ3) is 4.85. The van der Waals surface area contributed by atoms with Gasteiger partial charge < -0.3 is 10.1 Å². The minimum atomic E-state index is -0.270. The summed E-state index contributed by atoms with van der Waals surface area (Å²) in [4.78, 5) is 12.0. The average molecular weight is 349 g/mol. The summed E-state index contributed by atoms with van der Waals surface area (Å²) in [5, 5.41) is 3.47. The van der Waals surface area contributed by atoms with Crippen molar-refractivity contribution in [2.75, 3.05) is 6.61 Å².